The smallest absolute Gasteiger partial charge is 0.0256 e. The predicted octanol–water partition coefficient (Wildman–Crippen LogP) is 1.72. The largest absolute Gasteiger partial charge is 0.304 e. The van der Waals surface area contributed by atoms with Gasteiger partial charge in [0, 0.05) is 26.2 Å². The molecule has 1 saturated heterocycles. The zero-order valence-electron chi connectivity index (χ0n) is 10.3. The van der Waals surface area contributed by atoms with E-state index in [1.807, 2.05) is 24.9 Å². The van der Waals surface area contributed by atoms with Crippen molar-refractivity contribution in [3.63, 3.8) is 0 Å². The molecule has 1 aliphatic heterocycles. The van der Waals surface area contributed by atoms with E-state index in [-0.39, 0.29) is 0 Å². The minimum Gasteiger partial charge on any atom is -0.304 e. The summed E-state index contributed by atoms with van der Waals surface area (Å²) in [6, 6.07) is 0. The fourth-order valence-electron chi connectivity index (χ4n) is 0.822. The van der Waals surface area contributed by atoms with E-state index in [4.69, 9.17) is 5.84 Å². The Hall–Kier alpha value is -0.380. The Balaban J connectivity index is 0. The second-order valence-electron chi connectivity index (χ2n) is 3.04. The summed E-state index contributed by atoms with van der Waals surface area (Å²) in [6.07, 6.45) is 2.96. The second kappa shape index (κ2) is 12.6. The third-order valence-electron chi connectivity index (χ3n) is 1.83. The predicted molar refractivity (Wildman–Crippen MR) is 65.1 cm³/mol. The molecule has 0 atom stereocenters. The van der Waals surface area contributed by atoms with Crippen LogP contribution in [0.2, 0.25) is 0 Å². The van der Waals surface area contributed by atoms with Crippen LogP contribution in [0.25, 0.3) is 0 Å². The maximum atomic E-state index is 5.50. The first kappa shape index (κ1) is 16.1. The monoisotopic (exact) mass is 201 g/mol. The van der Waals surface area contributed by atoms with Crippen molar-refractivity contribution in [2.24, 2.45) is 5.84 Å². The molecule has 0 amide bonds. The maximum absolute atomic E-state index is 5.50. The number of rotatable bonds is 1. The molecule has 0 radical (unpaired) electrons. The van der Waals surface area contributed by atoms with Crippen molar-refractivity contribution in [3.05, 3.63) is 12.7 Å². The van der Waals surface area contributed by atoms with E-state index >= 15 is 0 Å². The van der Waals surface area contributed by atoms with Gasteiger partial charge in [0.05, 0.1) is 0 Å². The fourth-order valence-corrected chi connectivity index (χ4v) is 0.822. The molecule has 3 heteroatoms. The lowest BCUT2D eigenvalue weighted by Gasteiger charge is -2.28. The first-order chi connectivity index (χ1) is 6.70. The van der Waals surface area contributed by atoms with Crippen LogP contribution in [0.3, 0.4) is 0 Å². The highest BCUT2D eigenvalue weighted by Crippen LogP contribution is 1.91. The molecule has 14 heavy (non-hydrogen) atoms. The van der Waals surface area contributed by atoms with Gasteiger partial charge in [-0.05, 0) is 13.5 Å². The van der Waals surface area contributed by atoms with Crippen molar-refractivity contribution in [1.29, 1.82) is 0 Å². The molecule has 3 nitrogen and oxygen atoms in total. The molecule has 1 heterocycles. The Morgan fingerprint density at radius 2 is 1.57 bits per heavy atom. The molecule has 0 aromatic rings. The van der Waals surface area contributed by atoms with Gasteiger partial charge in [-0.2, -0.15) is 0 Å². The molecule has 0 aromatic carbocycles. The zero-order chi connectivity index (χ0) is 11.4. The van der Waals surface area contributed by atoms with Gasteiger partial charge in [0.1, 0.15) is 0 Å². The third kappa shape index (κ3) is 11.6. The van der Waals surface area contributed by atoms with Crippen molar-refractivity contribution in [1.82, 2.24) is 9.91 Å². The van der Waals surface area contributed by atoms with Gasteiger partial charge in [0.15, 0.2) is 0 Å². The van der Waals surface area contributed by atoms with Gasteiger partial charge in [0.2, 0.25) is 0 Å². The van der Waals surface area contributed by atoms with Crippen molar-refractivity contribution in [2.75, 3.05) is 33.2 Å². The minimum absolute atomic E-state index is 1.01. The van der Waals surface area contributed by atoms with E-state index in [1.54, 1.807) is 0 Å². The van der Waals surface area contributed by atoms with Crippen LogP contribution in [0.4, 0.5) is 0 Å². The van der Waals surface area contributed by atoms with Crippen molar-refractivity contribution < 1.29 is 0 Å². The Labute approximate surface area is 89.5 Å². The molecule has 0 spiro atoms. The molecular weight excluding hydrogens is 174 g/mol. The van der Waals surface area contributed by atoms with Crippen LogP contribution in [0.1, 0.15) is 27.2 Å². The molecule has 1 fully saturated rings. The Morgan fingerprint density at radius 3 is 1.79 bits per heavy atom. The highest BCUT2D eigenvalue weighted by atomic mass is 15.4. The Kier molecular flexibility index (Phi) is 14.5. The van der Waals surface area contributed by atoms with Gasteiger partial charge in [0.25, 0.3) is 0 Å². The first-order valence-electron chi connectivity index (χ1n) is 5.49. The third-order valence-corrected chi connectivity index (χ3v) is 1.83. The van der Waals surface area contributed by atoms with Gasteiger partial charge in [-0.15, -0.1) is 6.58 Å². The lowest BCUT2D eigenvalue weighted by molar-refractivity contribution is 0.156. The lowest BCUT2D eigenvalue weighted by Crippen LogP contribution is -2.47. The van der Waals surface area contributed by atoms with Crippen LogP contribution < -0.4 is 5.84 Å². The average Bonchev–Trinajstić information content (AvgIpc) is 2.26. The molecular formula is C11H27N3. The molecule has 0 bridgehead atoms. The van der Waals surface area contributed by atoms with Crippen molar-refractivity contribution in [3.8, 4) is 0 Å². The number of hydrogen-bond donors (Lipinski definition) is 1. The summed E-state index contributed by atoms with van der Waals surface area (Å²) in [5.74, 6) is 5.50. The highest BCUT2D eigenvalue weighted by Gasteiger charge is 2.08. The van der Waals surface area contributed by atoms with E-state index in [0.29, 0.717) is 0 Å². The van der Waals surface area contributed by atoms with E-state index in [1.165, 1.54) is 0 Å². The van der Waals surface area contributed by atoms with Crippen molar-refractivity contribution >= 4 is 0 Å². The number of hydrazine groups is 1. The van der Waals surface area contributed by atoms with Crippen LogP contribution in [0.15, 0.2) is 12.7 Å². The van der Waals surface area contributed by atoms with E-state index in [0.717, 1.165) is 32.6 Å². The molecule has 1 aliphatic rings. The summed E-state index contributed by atoms with van der Waals surface area (Å²) < 4.78 is 0. The van der Waals surface area contributed by atoms with Gasteiger partial charge >= 0.3 is 0 Å². The summed E-state index contributed by atoms with van der Waals surface area (Å²) in [5, 5.41) is 1.86. The van der Waals surface area contributed by atoms with Gasteiger partial charge in [-0.3, -0.25) is 5.84 Å². The number of likely N-dealkylation sites (N-methyl/N-ethyl adjacent to an activating group) is 1. The van der Waals surface area contributed by atoms with Gasteiger partial charge < -0.3 is 4.90 Å². The summed E-state index contributed by atoms with van der Waals surface area (Å²) in [6.45, 7) is 13.8. The molecule has 0 saturated carbocycles. The zero-order valence-corrected chi connectivity index (χ0v) is 10.3. The molecule has 2 N–H and O–H groups in total. The standard InChI is InChI=1S/C5H13N3.C4H8.C2H6/c1-7-2-4-8(6)5-3-7;1-3-4-2;1-2/h2-6H2,1H3;3H,1,4H2,2H3;1-2H3. The second-order valence-corrected chi connectivity index (χ2v) is 3.04. The van der Waals surface area contributed by atoms with Crippen LogP contribution in [-0.4, -0.2) is 43.1 Å². The number of piperazine rings is 1. The molecule has 86 valence electrons. The van der Waals surface area contributed by atoms with Crippen LogP contribution in [0.5, 0.6) is 0 Å². The quantitative estimate of drug-likeness (QED) is 0.518. The highest BCUT2D eigenvalue weighted by molar-refractivity contribution is 4.63. The molecule has 0 aliphatic carbocycles. The minimum atomic E-state index is 1.01. The van der Waals surface area contributed by atoms with E-state index in [2.05, 4.69) is 25.5 Å². The fraction of sp³-hybridized carbons (Fsp3) is 0.818. The summed E-state index contributed by atoms with van der Waals surface area (Å²) in [7, 11) is 2.12. The summed E-state index contributed by atoms with van der Waals surface area (Å²) in [5.41, 5.74) is 0. The van der Waals surface area contributed by atoms with Crippen LogP contribution >= 0.6 is 0 Å². The van der Waals surface area contributed by atoms with E-state index in [9.17, 15) is 0 Å². The first-order valence-corrected chi connectivity index (χ1v) is 5.49. The number of nitrogens with zero attached hydrogens (tertiary/aromatic N) is 2. The Morgan fingerprint density at radius 1 is 1.21 bits per heavy atom. The average molecular weight is 201 g/mol. The maximum Gasteiger partial charge on any atom is 0.0256 e. The van der Waals surface area contributed by atoms with Gasteiger partial charge in [-0.1, -0.05) is 26.8 Å². The summed E-state index contributed by atoms with van der Waals surface area (Å²) in [4.78, 5) is 2.28. The van der Waals surface area contributed by atoms with Gasteiger partial charge in [-0.25, -0.2) is 5.01 Å². The number of allylic oxidation sites excluding steroid dienone is 1. The van der Waals surface area contributed by atoms with E-state index < -0.39 is 0 Å². The lowest BCUT2D eigenvalue weighted by atomic mass is 10.4. The molecule has 0 aromatic heterocycles. The molecule has 1 rings (SSSR count). The van der Waals surface area contributed by atoms with Crippen LogP contribution in [0, 0.1) is 0 Å². The van der Waals surface area contributed by atoms with Crippen molar-refractivity contribution in [2.45, 2.75) is 27.2 Å². The van der Waals surface area contributed by atoms with Crippen LogP contribution in [-0.2, 0) is 0 Å². The number of nitrogens with two attached hydrogens (primary N) is 1. The number of hydrogen-bond acceptors (Lipinski definition) is 3. The topological polar surface area (TPSA) is 32.5 Å². The normalized spacial score (nSPS) is 17.2. The molecule has 0 unspecified atom stereocenters. The Bertz CT molecular complexity index is 97.1. The summed E-state index contributed by atoms with van der Waals surface area (Å²) >= 11 is 0. The SMILES string of the molecule is C=CCC.CC.CN1CCN(N)CC1.